The van der Waals surface area contributed by atoms with Gasteiger partial charge in [-0.15, -0.1) is 0 Å². The van der Waals surface area contributed by atoms with Crippen molar-refractivity contribution in [3.05, 3.63) is 22.7 Å². The van der Waals surface area contributed by atoms with Crippen molar-refractivity contribution in [3.63, 3.8) is 0 Å². The van der Waals surface area contributed by atoms with E-state index in [-0.39, 0.29) is 11.5 Å². The van der Waals surface area contributed by atoms with Crippen LogP contribution in [0.2, 0.25) is 0 Å². The van der Waals surface area contributed by atoms with Crippen LogP contribution in [-0.2, 0) is 4.79 Å². The van der Waals surface area contributed by atoms with Gasteiger partial charge in [-0.25, -0.2) is 4.79 Å². The zero-order valence-corrected chi connectivity index (χ0v) is 9.32. The third-order valence-corrected chi connectivity index (χ3v) is 2.19. The number of halogens is 2. The van der Waals surface area contributed by atoms with Gasteiger partial charge in [-0.1, -0.05) is 6.07 Å². The Balaban J connectivity index is 2.97. The monoisotopic (exact) mass is 278 g/mol. The molecule has 0 aliphatic rings. The van der Waals surface area contributed by atoms with E-state index in [0.717, 1.165) is 0 Å². The van der Waals surface area contributed by atoms with Crippen molar-refractivity contribution >= 4 is 21.9 Å². The van der Waals surface area contributed by atoms with Crippen molar-refractivity contribution in [1.82, 2.24) is 0 Å². The highest BCUT2D eigenvalue weighted by atomic mass is 79.9. The molecule has 0 aliphatic carbocycles. The van der Waals surface area contributed by atoms with E-state index in [2.05, 4.69) is 20.7 Å². The van der Waals surface area contributed by atoms with Crippen LogP contribution in [0.4, 0.5) is 4.39 Å². The van der Waals surface area contributed by atoms with Crippen LogP contribution in [0.5, 0.6) is 11.5 Å². The average molecular weight is 279 g/mol. The van der Waals surface area contributed by atoms with Crippen molar-refractivity contribution in [3.8, 4) is 11.5 Å². The minimum Gasteiger partial charge on any atom is -0.493 e. The van der Waals surface area contributed by atoms with E-state index in [4.69, 9.17) is 9.84 Å². The second kappa shape index (κ2) is 4.97. The molecule has 1 atom stereocenters. The number of hydrogen-bond acceptors (Lipinski definition) is 3. The van der Waals surface area contributed by atoms with E-state index >= 15 is 0 Å². The fourth-order valence-electron chi connectivity index (χ4n) is 0.918. The Bertz CT molecular complexity index is 369. The lowest BCUT2D eigenvalue weighted by atomic mass is 10.3. The first-order chi connectivity index (χ1) is 7.06. The van der Waals surface area contributed by atoms with E-state index in [1.165, 1.54) is 13.2 Å². The van der Waals surface area contributed by atoms with E-state index in [1.807, 2.05) is 0 Å². The number of carbonyl (C=O) groups is 1. The molecule has 6 heteroatoms. The largest absolute Gasteiger partial charge is 0.493 e. The molecule has 0 saturated carbocycles. The van der Waals surface area contributed by atoms with Gasteiger partial charge in [0, 0.05) is 0 Å². The van der Waals surface area contributed by atoms with Gasteiger partial charge in [-0.05, 0) is 28.1 Å². The van der Waals surface area contributed by atoms with Crippen molar-refractivity contribution in [2.45, 2.75) is 6.36 Å². The van der Waals surface area contributed by atoms with E-state index < -0.39 is 12.3 Å². The lowest BCUT2D eigenvalue weighted by Gasteiger charge is -2.12. The highest BCUT2D eigenvalue weighted by Gasteiger charge is 2.21. The number of aliphatic carboxylic acids is 1. The fraction of sp³-hybridized carbons (Fsp3) is 0.222. The molecule has 1 unspecified atom stereocenters. The lowest BCUT2D eigenvalue weighted by molar-refractivity contribution is -0.153. The van der Waals surface area contributed by atoms with Gasteiger partial charge in [0.2, 0.25) is 0 Å². The third-order valence-electron chi connectivity index (χ3n) is 1.57. The number of para-hydroxylation sites is 1. The molecule has 0 fully saturated rings. The summed E-state index contributed by atoms with van der Waals surface area (Å²) < 4.78 is 22.7. The molecule has 0 spiro atoms. The smallest absolute Gasteiger partial charge is 0.378 e. The number of carboxylic acid groups (broad SMARTS) is 1. The van der Waals surface area contributed by atoms with E-state index in [1.54, 1.807) is 12.1 Å². The second-order valence-electron chi connectivity index (χ2n) is 2.54. The Morgan fingerprint density at radius 3 is 2.80 bits per heavy atom. The molecule has 1 aromatic rings. The first-order valence-corrected chi connectivity index (χ1v) is 4.71. The van der Waals surface area contributed by atoms with Crippen LogP contribution in [0.1, 0.15) is 0 Å². The maximum atomic E-state index is 12.8. The minimum absolute atomic E-state index is 0.0231. The first kappa shape index (κ1) is 11.8. The van der Waals surface area contributed by atoms with Gasteiger partial charge < -0.3 is 14.6 Å². The average Bonchev–Trinajstić information content (AvgIpc) is 2.20. The molecule has 0 amide bonds. The quantitative estimate of drug-likeness (QED) is 0.918. The predicted molar refractivity (Wildman–Crippen MR) is 53.9 cm³/mol. The zero-order valence-electron chi connectivity index (χ0n) is 7.74. The summed E-state index contributed by atoms with van der Waals surface area (Å²) in [7, 11) is 1.38. The SMILES string of the molecule is COc1cccc(Br)c1OC(F)C(=O)O. The number of hydrogen-bond donors (Lipinski definition) is 1. The number of methoxy groups -OCH3 is 1. The highest BCUT2D eigenvalue weighted by Crippen LogP contribution is 2.35. The van der Waals surface area contributed by atoms with Crippen molar-refractivity contribution < 1.29 is 23.8 Å². The topological polar surface area (TPSA) is 55.8 Å². The molecule has 0 bridgehead atoms. The van der Waals surface area contributed by atoms with E-state index in [9.17, 15) is 9.18 Å². The zero-order chi connectivity index (χ0) is 11.4. The number of ether oxygens (including phenoxy) is 2. The maximum Gasteiger partial charge on any atom is 0.378 e. The summed E-state index contributed by atoms with van der Waals surface area (Å²) in [5, 5.41) is 8.34. The van der Waals surface area contributed by atoms with Gasteiger partial charge in [0.1, 0.15) is 0 Å². The van der Waals surface area contributed by atoms with Crippen LogP contribution in [-0.4, -0.2) is 24.5 Å². The summed E-state index contributed by atoms with van der Waals surface area (Å²) in [5.41, 5.74) is 0. The van der Waals surface area contributed by atoms with E-state index in [0.29, 0.717) is 4.47 Å². The molecular weight excluding hydrogens is 271 g/mol. The predicted octanol–water partition coefficient (Wildman–Crippen LogP) is 2.22. The number of rotatable bonds is 4. The van der Waals surface area contributed by atoms with Crippen LogP contribution in [0.15, 0.2) is 22.7 Å². The molecule has 1 aromatic carbocycles. The molecule has 15 heavy (non-hydrogen) atoms. The molecule has 1 rings (SSSR count). The van der Waals surface area contributed by atoms with Crippen LogP contribution < -0.4 is 9.47 Å². The van der Waals surface area contributed by atoms with Gasteiger partial charge in [0.05, 0.1) is 11.6 Å². The van der Waals surface area contributed by atoms with Gasteiger partial charge in [0.15, 0.2) is 11.5 Å². The standard InChI is InChI=1S/C9H8BrFO4/c1-14-6-4-2-3-5(10)7(6)15-8(11)9(12)13/h2-4,8H,1H3,(H,12,13). The Morgan fingerprint density at radius 1 is 1.60 bits per heavy atom. The van der Waals surface area contributed by atoms with Gasteiger partial charge in [-0.3, -0.25) is 0 Å². The Kier molecular flexibility index (Phi) is 3.90. The van der Waals surface area contributed by atoms with Gasteiger partial charge in [0.25, 0.3) is 0 Å². The summed E-state index contributed by atoms with van der Waals surface area (Å²) in [6, 6.07) is 4.78. The summed E-state index contributed by atoms with van der Waals surface area (Å²) in [6.07, 6.45) is -2.42. The van der Waals surface area contributed by atoms with Crippen molar-refractivity contribution in [2.24, 2.45) is 0 Å². The Labute approximate surface area is 93.7 Å². The summed E-state index contributed by atoms with van der Waals surface area (Å²) >= 11 is 3.10. The Morgan fingerprint density at radius 2 is 2.27 bits per heavy atom. The fourth-order valence-corrected chi connectivity index (χ4v) is 1.36. The second-order valence-corrected chi connectivity index (χ2v) is 3.40. The molecule has 0 radical (unpaired) electrons. The Hall–Kier alpha value is -1.30. The van der Waals surface area contributed by atoms with Gasteiger partial charge in [-0.2, -0.15) is 4.39 Å². The molecule has 0 saturated heterocycles. The van der Waals surface area contributed by atoms with Crippen LogP contribution in [0.25, 0.3) is 0 Å². The molecule has 1 N–H and O–H groups in total. The molecule has 0 aliphatic heterocycles. The number of alkyl halides is 1. The summed E-state index contributed by atoms with van der Waals surface area (Å²) in [4.78, 5) is 10.3. The molecule has 4 nitrogen and oxygen atoms in total. The molecule has 0 aromatic heterocycles. The van der Waals surface area contributed by atoms with Crippen LogP contribution in [0, 0.1) is 0 Å². The highest BCUT2D eigenvalue weighted by molar-refractivity contribution is 9.10. The van der Waals surface area contributed by atoms with Gasteiger partial charge >= 0.3 is 12.3 Å². The first-order valence-electron chi connectivity index (χ1n) is 3.92. The lowest BCUT2D eigenvalue weighted by Crippen LogP contribution is -2.21. The van der Waals surface area contributed by atoms with Crippen molar-refractivity contribution in [1.29, 1.82) is 0 Å². The molecule has 82 valence electrons. The number of benzene rings is 1. The normalized spacial score (nSPS) is 11.9. The maximum absolute atomic E-state index is 12.8. The molecule has 0 heterocycles. The summed E-state index contributed by atoms with van der Waals surface area (Å²) in [6.45, 7) is 0. The third kappa shape index (κ3) is 2.82. The van der Waals surface area contributed by atoms with Crippen LogP contribution in [0.3, 0.4) is 0 Å². The van der Waals surface area contributed by atoms with Crippen LogP contribution >= 0.6 is 15.9 Å². The molecular formula is C9H8BrFO4. The minimum atomic E-state index is -2.42. The van der Waals surface area contributed by atoms with Crippen molar-refractivity contribution in [2.75, 3.05) is 7.11 Å². The number of carboxylic acids is 1. The summed E-state index contributed by atoms with van der Waals surface area (Å²) in [5.74, 6) is -1.41.